The highest BCUT2D eigenvalue weighted by atomic mass is 16.2. The monoisotopic (exact) mass is 281 g/mol. The lowest BCUT2D eigenvalue weighted by atomic mass is 10.0. The summed E-state index contributed by atoms with van der Waals surface area (Å²) in [6, 6.07) is 0.408. The van der Waals surface area contributed by atoms with Crippen LogP contribution in [0.2, 0.25) is 0 Å². The van der Waals surface area contributed by atoms with Crippen LogP contribution in [0.25, 0.3) is 0 Å². The molecule has 2 aliphatic rings. The minimum Gasteiger partial charge on any atom is -0.368 e. The summed E-state index contributed by atoms with van der Waals surface area (Å²) in [6.07, 6.45) is 5.62. The van der Waals surface area contributed by atoms with Gasteiger partial charge in [0.2, 0.25) is 11.8 Å². The Labute approximate surface area is 121 Å². The molecule has 0 bridgehead atoms. The van der Waals surface area contributed by atoms with Crippen molar-refractivity contribution >= 4 is 11.8 Å². The summed E-state index contributed by atoms with van der Waals surface area (Å²) >= 11 is 0. The van der Waals surface area contributed by atoms with Crippen molar-refractivity contribution < 1.29 is 9.59 Å². The first kappa shape index (κ1) is 15.3. The molecular weight excluding hydrogens is 254 g/mol. The Morgan fingerprint density at radius 2 is 1.80 bits per heavy atom. The normalized spacial score (nSPS) is 28.8. The van der Waals surface area contributed by atoms with Gasteiger partial charge in [-0.25, -0.2) is 0 Å². The van der Waals surface area contributed by atoms with E-state index in [4.69, 9.17) is 5.73 Å². The summed E-state index contributed by atoms with van der Waals surface area (Å²) < 4.78 is 0. The lowest BCUT2D eigenvalue weighted by molar-refractivity contribution is -0.133. The van der Waals surface area contributed by atoms with Crippen LogP contribution in [-0.4, -0.2) is 52.8 Å². The Kier molecular flexibility index (Phi) is 5.02. The lowest BCUT2D eigenvalue weighted by Crippen LogP contribution is -2.54. The van der Waals surface area contributed by atoms with Crippen LogP contribution in [-0.2, 0) is 9.59 Å². The summed E-state index contributed by atoms with van der Waals surface area (Å²) in [5.41, 5.74) is 5.55. The number of rotatable bonds is 5. The molecule has 0 aromatic carbocycles. The molecule has 20 heavy (non-hydrogen) atoms. The van der Waals surface area contributed by atoms with Crippen molar-refractivity contribution in [2.75, 3.05) is 13.1 Å². The molecule has 0 aromatic heterocycles. The Morgan fingerprint density at radius 1 is 1.15 bits per heavy atom. The first-order chi connectivity index (χ1) is 9.60. The van der Waals surface area contributed by atoms with E-state index in [1.165, 1.54) is 0 Å². The topological polar surface area (TPSA) is 66.6 Å². The van der Waals surface area contributed by atoms with E-state index in [0.29, 0.717) is 12.5 Å². The largest absolute Gasteiger partial charge is 0.368 e. The molecule has 2 N–H and O–H groups in total. The van der Waals surface area contributed by atoms with Crippen LogP contribution in [0.15, 0.2) is 0 Å². The van der Waals surface area contributed by atoms with Crippen LogP contribution in [0, 0.1) is 0 Å². The van der Waals surface area contributed by atoms with E-state index in [1.54, 1.807) is 0 Å². The molecule has 114 valence electrons. The van der Waals surface area contributed by atoms with Gasteiger partial charge in [-0.3, -0.25) is 14.5 Å². The quantitative estimate of drug-likeness (QED) is 0.821. The SMILES string of the molecule is CCC(=O)N1CCC[C@@H]1[C@@H]1CCCN1[C@@H](CC)C(N)=O. The van der Waals surface area contributed by atoms with Gasteiger partial charge in [-0.15, -0.1) is 0 Å². The number of amides is 2. The van der Waals surface area contributed by atoms with Gasteiger partial charge in [-0.2, -0.15) is 0 Å². The van der Waals surface area contributed by atoms with Gasteiger partial charge < -0.3 is 10.6 Å². The average Bonchev–Trinajstić information content (AvgIpc) is 3.06. The lowest BCUT2D eigenvalue weighted by Gasteiger charge is -2.37. The van der Waals surface area contributed by atoms with Crippen molar-refractivity contribution in [2.45, 2.75) is 70.5 Å². The van der Waals surface area contributed by atoms with Gasteiger partial charge in [0, 0.05) is 25.0 Å². The summed E-state index contributed by atoms with van der Waals surface area (Å²) in [4.78, 5) is 28.0. The van der Waals surface area contributed by atoms with Crippen LogP contribution in [0.4, 0.5) is 0 Å². The van der Waals surface area contributed by atoms with Gasteiger partial charge >= 0.3 is 0 Å². The number of primary amides is 1. The Bertz CT molecular complexity index is 372. The highest BCUT2D eigenvalue weighted by molar-refractivity contribution is 5.80. The fraction of sp³-hybridized carbons (Fsp3) is 0.867. The molecule has 2 fully saturated rings. The summed E-state index contributed by atoms with van der Waals surface area (Å²) in [7, 11) is 0. The van der Waals surface area contributed by atoms with Gasteiger partial charge in [0.25, 0.3) is 0 Å². The molecule has 5 heteroatoms. The first-order valence-corrected chi connectivity index (χ1v) is 7.94. The molecule has 5 nitrogen and oxygen atoms in total. The Morgan fingerprint density at radius 3 is 2.40 bits per heavy atom. The Hall–Kier alpha value is -1.10. The third-order valence-electron chi connectivity index (χ3n) is 4.82. The number of carbonyl (C=O) groups excluding carboxylic acids is 2. The molecule has 2 rings (SSSR count). The summed E-state index contributed by atoms with van der Waals surface area (Å²) in [5.74, 6) is 0.0113. The van der Waals surface area contributed by atoms with E-state index in [9.17, 15) is 9.59 Å². The molecule has 0 aromatic rings. The van der Waals surface area contributed by atoms with Crippen molar-refractivity contribution in [3.05, 3.63) is 0 Å². The molecule has 2 amide bonds. The van der Waals surface area contributed by atoms with Crippen LogP contribution >= 0.6 is 0 Å². The van der Waals surface area contributed by atoms with E-state index in [2.05, 4.69) is 4.90 Å². The van der Waals surface area contributed by atoms with E-state index in [-0.39, 0.29) is 23.9 Å². The molecule has 3 atom stereocenters. The molecule has 0 spiro atoms. The molecular formula is C15H27N3O2. The van der Waals surface area contributed by atoms with Gasteiger partial charge in [0.05, 0.1) is 6.04 Å². The maximum Gasteiger partial charge on any atom is 0.234 e. The fourth-order valence-corrected chi connectivity index (χ4v) is 3.92. The first-order valence-electron chi connectivity index (χ1n) is 7.94. The smallest absolute Gasteiger partial charge is 0.234 e. The van der Waals surface area contributed by atoms with E-state index in [1.807, 2.05) is 18.7 Å². The Balaban J connectivity index is 2.13. The second-order valence-electron chi connectivity index (χ2n) is 5.92. The highest BCUT2D eigenvalue weighted by Crippen LogP contribution is 2.32. The zero-order valence-corrected chi connectivity index (χ0v) is 12.7. The van der Waals surface area contributed by atoms with Crippen molar-refractivity contribution in [3.63, 3.8) is 0 Å². The van der Waals surface area contributed by atoms with E-state index >= 15 is 0 Å². The van der Waals surface area contributed by atoms with Gasteiger partial charge in [-0.1, -0.05) is 13.8 Å². The van der Waals surface area contributed by atoms with Crippen LogP contribution in [0.5, 0.6) is 0 Å². The van der Waals surface area contributed by atoms with Crippen molar-refractivity contribution in [1.82, 2.24) is 9.80 Å². The number of carbonyl (C=O) groups is 2. The average molecular weight is 281 g/mol. The van der Waals surface area contributed by atoms with E-state index in [0.717, 1.165) is 45.2 Å². The summed E-state index contributed by atoms with van der Waals surface area (Å²) in [5, 5.41) is 0. The summed E-state index contributed by atoms with van der Waals surface area (Å²) in [6.45, 7) is 5.72. The van der Waals surface area contributed by atoms with Crippen molar-refractivity contribution in [1.29, 1.82) is 0 Å². The zero-order valence-electron chi connectivity index (χ0n) is 12.7. The standard InChI is InChI=1S/C15H27N3O2/c1-3-11(15(16)20)17-9-5-7-12(17)13-8-6-10-18(13)14(19)4-2/h11-13H,3-10H2,1-2H3,(H2,16,20)/t11-,12-,13+/m0/s1. The van der Waals surface area contributed by atoms with Crippen molar-refractivity contribution in [2.24, 2.45) is 5.73 Å². The molecule has 0 radical (unpaired) electrons. The molecule has 2 aliphatic heterocycles. The second kappa shape index (κ2) is 6.57. The maximum absolute atomic E-state index is 12.1. The molecule has 0 unspecified atom stereocenters. The van der Waals surface area contributed by atoms with Gasteiger partial charge in [0.15, 0.2) is 0 Å². The minimum atomic E-state index is -0.231. The molecule has 0 saturated carbocycles. The molecule has 2 heterocycles. The van der Waals surface area contributed by atoms with Crippen LogP contribution in [0.3, 0.4) is 0 Å². The molecule has 2 saturated heterocycles. The third-order valence-corrected chi connectivity index (χ3v) is 4.82. The maximum atomic E-state index is 12.1. The van der Waals surface area contributed by atoms with Gasteiger partial charge in [-0.05, 0) is 38.6 Å². The predicted octanol–water partition coefficient (Wildman–Crippen LogP) is 1.12. The number of hydrogen-bond acceptors (Lipinski definition) is 3. The third kappa shape index (κ3) is 2.82. The van der Waals surface area contributed by atoms with Crippen LogP contribution < -0.4 is 5.73 Å². The second-order valence-corrected chi connectivity index (χ2v) is 5.92. The van der Waals surface area contributed by atoms with Crippen molar-refractivity contribution in [3.8, 4) is 0 Å². The highest BCUT2D eigenvalue weighted by Gasteiger charge is 2.42. The predicted molar refractivity (Wildman–Crippen MR) is 78.0 cm³/mol. The number of nitrogens with zero attached hydrogens (tertiary/aromatic N) is 2. The number of nitrogens with two attached hydrogens (primary N) is 1. The number of likely N-dealkylation sites (tertiary alicyclic amines) is 2. The van der Waals surface area contributed by atoms with Gasteiger partial charge in [0.1, 0.15) is 0 Å². The minimum absolute atomic E-state index is 0.179. The molecule has 0 aliphatic carbocycles. The zero-order chi connectivity index (χ0) is 14.7. The van der Waals surface area contributed by atoms with E-state index < -0.39 is 0 Å². The fourth-order valence-electron chi connectivity index (χ4n) is 3.92. The number of hydrogen-bond donors (Lipinski definition) is 1. The van der Waals surface area contributed by atoms with Crippen LogP contribution in [0.1, 0.15) is 52.4 Å².